The second-order valence-electron chi connectivity index (χ2n) is 21.9. The molecule has 4 unspecified atom stereocenters. The van der Waals surface area contributed by atoms with E-state index in [1.54, 1.807) is 63.6 Å². The molecule has 2 aliphatic rings. The molecule has 15 nitrogen and oxygen atoms in total. The number of likely N-dealkylation sites (tertiary alicyclic amines) is 2. The Balaban J connectivity index is 0.903. The smallest absolute Gasteiger partial charge is 0.246 e. The van der Waals surface area contributed by atoms with Crippen molar-refractivity contribution in [2.75, 3.05) is 37.6 Å². The zero-order chi connectivity index (χ0) is 53.9. The predicted molar refractivity (Wildman–Crippen MR) is 290 cm³/mol. The minimum atomic E-state index is -1.16. The molecule has 1 aromatic heterocycles. The molecule has 6 amide bonds. The lowest BCUT2D eigenvalue weighted by Gasteiger charge is -2.35. The number of aryl methyl sites for hydroxylation is 1. The van der Waals surface area contributed by atoms with Crippen LogP contribution in [0.25, 0.3) is 10.4 Å². The van der Waals surface area contributed by atoms with Crippen molar-refractivity contribution in [3.05, 3.63) is 105 Å². The van der Waals surface area contributed by atoms with Crippen LogP contribution in [0.5, 0.6) is 0 Å². The molecule has 4 aromatic rings. The molecule has 18 heteroatoms. The average molecular weight is 1080 g/mol. The highest BCUT2D eigenvalue weighted by atomic mass is 35.5. The number of piperidine rings is 1. The summed E-state index contributed by atoms with van der Waals surface area (Å²) in [6.07, 6.45) is 1.01. The molecule has 4 atom stereocenters. The monoisotopic (exact) mass is 1070 g/mol. The lowest BCUT2D eigenvalue weighted by Crippen LogP contribution is -2.57. The maximum Gasteiger partial charge on any atom is 0.246 e. The van der Waals surface area contributed by atoms with Crippen molar-refractivity contribution < 1.29 is 39.0 Å². The van der Waals surface area contributed by atoms with E-state index in [9.17, 15) is 39.0 Å². The Morgan fingerprint density at radius 1 is 0.851 bits per heavy atom. The van der Waals surface area contributed by atoms with Gasteiger partial charge in [-0.3, -0.25) is 28.8 Å². The zero-order valence-electron chi connectivity index (χ0n) is 43.7. The first kappa shape index (κ1) is 57.9. The number of hydrogen-bond acceptors (Lipinski definition) is 10. The SMILES string of the molecule is Cc1ncsc1-c1ccc(CNC(=O)C2CC(O)CN2C(=O)C(NC(=O)CCCCCNC(=O)C2CCN(C(=O)CCC(=O)N(CC(C)(C)C)c3ccc(Cl)cc3C(O)c3ccccc3Cl)CC2)C(C)(C)C)cc1. The van der Waals surface area contributed by atoms with E-state index in [1.165, 1.54) is 4.90 Å². The summed E-state index contributed by atoms with van der Waals surface area (Å²) in [4.78, 5) is 91.5. The minimum Gasteiger partial charge on any atom is -0.391 e. The molecular formula is C56H73Cl2N7O8S. The molecule has 3 aromatic carbocycles. The Labute approximate surface area is 449 Å². The first-order valence-electron chi connectivity index (χ1n) is 25.6. The van der Waals surface area contributed by atoms with E-state index in [4.69, 9.17) is 23.2 Å². The number of aliphatic hydroxyl groups is 2. The van der Waals surface area contributed by atoms with E-state index < -0.39 is 35.6 Å². The summed E-state index contributed by atoms with van der Waals surface area (Å²) in [5, 5.41) is 31.7. The number of thiazole rings is 1. The van der Waals surface area contributed by atoms with Crippen LogP contribution in [0.2, 0.25) is 10.0 Å². The van der Waals surface area contributed by atoms with Crippen molar-refractivity contribution in [3.8, 4) is 10.4 Å². The van der Waals surface area contributed by atoms with Gasteiger partial charge in [-0.2, -0.15) is 0 Å². The third kappa shape index (κ3) is 15.8. The number of carbonyl (C=O) groups is 6. The molecule has 0 saturated carbocycles. The molecule has 0 radical (unpaired) electrons. The Kier molecular flexibility index (Phi) is 20.3. The van der Waals surface area contributed by atoms with Gasteiger partial charge in [-0.25, -0.2) is 4.98 Å². The summed E-state index contributed by atoms with van der Waals surface area (Å²) in [5.74, 6) is -1.86. The molecule has 2 aliphatic heterocycles. The second kappa shape index (κ2) is 25.9. The summed E-state index contributed by atoms with van der Waals surface area (Å²) in [7, 11) is 0. The van der Waals surface area contributed by atoms with E-state index in [-0.39, 0.29) is 79.6 Å². The number of β-amino-alcohol motifs (C(OH)–C–C–N with tert-alkyl or cyclic N) is 1. The zero-order valence-corrected chi connectivity index (χ0v) is 46.0. The summed E-state index contributed by atoms with van der Waals surface area (Å²) in [6.45, 7) is 15.3. The Morgan fingerprint density at radius 2 is 1.55 bits per heavy atom. The summed E-state index contributed by atoms with van der Waals surface area (Å²) in [5.41, 5.74) is 5.08. The van der Waals surface area contributed by atoms with Crippen LogP contribution in [0.4, 0.5) is 5.69 Å². The number of hydrogen-bond donors (Lipinski definition) is 5. The van der Waals surface area contributed by atoms with E-state index >= 15 is 0 Å². The number of nitrogens with one attached hydrogen (secondary N) is 3. The third-order valence-electron chi connectivity index (χ3n) is 13.6. The van der Waals surface area contributed by atoms with Crippen LogP contribution < -0.4 is 20.9 Å². The lowest BCUT2D eigenvalue weighted by atomic mass is 9.85. The summed E-state index contributed by atoms with van der Waals surface area (Å²) in [6, 6.07) is 18.0. The number of aliphatic hydroxyl groups excluding tert-OH is 2. The van der Waals surface area contributed by atoms with Crippen molar-refractivity contribution in [2.45, 2.75) is 137 Å². The molecular weight excluding hydrogens is 1000 g/mol. The van der Waals surface area contributed by atoms with Gasteiger partial charge in [0.15, 0.2) is 0 Å². The van der Waals surface area contributed by atoms with Crippen molar-refractivity contribution in [3.63, 3.8) is 0 Å². The van der Waals surface area contributed by atoms with Gasteiger partial charge in [-0.05, 0) is 78.8 Å². The van der Waals surface area contributed by atoms with Crippen molar-refractivity contribution in [1.29, 1.82) is 0 Å². The van der Waals surface area contributed by atoms with Crippen LogP contribution in [-0.4, -0.2) is 111 Å². The fourth-order valence-electron chi connectivity index (χ4n) is 9.49. The number of benzene rings is 3. The number of nitrogens with zero attached hydrogens (tertiary/aromatic N) is 4. The van der Waals surface area contributed by atoms with Crippen LogP contribution in [0.3, 0.4) is 0 Å². The number of carbonyl (C=O) groups excluding carboxylic acids is 6. The Morgan fingerprint density at radius 3 is 2.20 bits per heavy atom. The van der Waals surface area contributed by atoms with Crippen LogP contribution in [0, 0.1) is 23.7 Å². The highest BCUT2D eigenvalue weighted by Crippen LogP contribution is 2.38. The molecule has 0 bridgehead atoms. The predicted octanol–water partition coefficient (Wildman–Crippen LogP) is 8.39. The number of anilines is 1. The molecule has 400 valence electrons. The second-order valence-corrected chi connectivity index (χ2v) is 23.6. The highest BCUT2D eigenvalue weighted by molar-refractivity contribution is 7.13. The van der Waals surface area contributed by atoms with Gasteiger partial charge in [0, 0.05) is 97.7 Å². The van der Waals surface area contributed by atoms with E-state index in [2.05, 4.69) is 20.9 Å². The van der Waals surface area contributed by atoms with Gasteiger partial charge in [-0.15, -0.1) is 11.3 Å². The van der Waals surface area contributed by atoms with Crippen LogP contribution in [0.1, 0.15) is 128 Å². The normalized spacial score (nSPS) is 17.1. The van der Waals surface area contributed by atoms with Crippen molar-refractivity contribution in [2.24, 2.45) is 16.7 Å². The Hall–Kier alpha value is -5.39. The molecule has 74 heavy (non-hydrogen) atoms. The van der Waals surface area contributed by atoms with Crippen LogP contribution >= 0.6 is 34.5 Å². The number of rotatable bonds is 20. The van der Waals surface area contributed by atoms with E-state index in [0.29, 0.717) is 85.1 Å². The number of unbranched alkanes of at least 4 members (excludes halogenated alkanes) is 2. The molecule has 0 aliphatic carbocycles. The van der Waals surface area contributed by atoms with Gasteiger partial charge in [-0.1, -0.05) is 114 Å². The minimum absolute atomic E-state index is 0.00844. The van der Waals surface area contributed by atoms with Crippen molar-refractivity contribution in [1.82, 2.24) is 30.7 Å². The summed E-state index contributed by atoms with van der Waals surface area (Å²) >= 11 is 14.4. The summed E-state index contributed by atoms with van der Waals surface area (Å²) < 4.78 is 0. The standard InChI is InChI=1S/C56H73Cl2N7O8S/c1-35-50(74-34-61-35)37-18-16-36(17-19-37)31-60-53(72)45-30-40(66)32-64(45)54(73)51(56(5,6)7)62-46(67)15-9-8-12-26-59-52(71)38-24-27-63(28-25-38)47(68)22-23-48(69)65(33-55(2,3)4)44-21-20-39(57)29-42(44)49(70)41-13-10-11-14-43(41)58/h10-11,13-14,16-21,29,34,38,40,45,49,51,66,70H,8-9,12,15,22-28,30-33H2,1-7H3,(H,59,71)(H,60,72)(H,62,67). The van der Waals surface area contributed by atoms with Crippen LogP contribution in [-0.2, 0) is 35.3 Å². The highest BCUT2D eigenvalue weighted by Gasteiger charge is 2.44. The number of amides is 6. The third-order valence-corrected chi connectivity index (χ3v) is 15.1. The number of halogens is 2. The lowest BCUT2D eigenvalue weighted by molar-refractivity contribution is -0.144. The van der Waals surface area contributed by atoms with Gasteiger partial charge < -0.3 is 40.9 Å². The maximum absolute atomic E-state index is 14.1. The molecule has 2 fully saturated rings. The maximum atomic E-state index is 14.1. The van der Waals surface area contributed by atoms with E-state index in [0.717, 1.165) is 21.7 Å². The van der Waals surface area contributed by atoms with Gasteiger partial charge >= 0.3 is 0 Å². The van der Waals surface area contributed by atoms with Crippen molar-refractivity contribution >= 4 is 75.7 Å². The molecule has 3 heterocycles. The Bertz CT molecular complexity index is 2610. The van der Waals surface area contributed by atoms with Gasteiger partial charge in [0.25, 0.3) is 0 Å². The molecule has 0 spiro atoms. The average Bonchev–Trinajstić information content (AvgIpc) is 3.98. The quantitative estimate of drug-likeness (QED) is 0.0539. The van der Waals surface area contributed by atoms with Gasteiger partial charge in [0.1, 0.15) is 18.2 Å². The molecule has 5 N–H and O–H groups in total. The molecule has 6 rings (SSSR count). The van der Waals surface area contributed by atoms with Gasteiger partial charge in [0.2, 0.25) is 35.4 Å². The fraction of sp³-hybridized carbons (Fsp3) is 0.518. The van der Waals surface area contributed by atoms with Gasteiger partial charge in [0.05, 0.1) is 22.2 Å². The first-order valence-corrected chi connectivity index (χ1v) is 27.3. The number of aromatic nitrogens is 1. The topological polar surface area (TPSA) is 202 Å². The van der Waals surface area contributed by atoms with Crippen LogP contribution in [0.15, 0.2) is 72.2 Å². The molecule has 2 saturated heterocycles. The largest absolute Gasteiger partial charge is 0.391 e. The first-order chi connectivity index (χ1) is 35.0. The van der Waals surface area contributed by atoms with E-state index in [1.807, 2.05) is 78.2 Å². The fourth-order valence-corrected chi connectivity index (χ4v) is 10.7.